The second kappa shape index (κ2) is 15.5. The van der Waals surface area contributed by atoms with Crippen molar-refractivity contribution in [3.8, 4) is 11.1 Å². The van der Waals surface area contributed by atoms with Crippen molar-refractivity contribution >= 4 is 52.9 Å². The predicted molar refractivity (Wildman–Crippen MR) is 238 cm³/mol. The van der Waals surface area contributed by atoms with Crippen LogP contribution in [0.1, 0.15) is 42.5 Å². The molecule has 0 spiro atoms. The predicted octanol–water partition coefficient (Wildman–Crippen LogP) is 9.38. The molecule has 0 N–H and O–H groups in total. The summed E-state index contributed by atoms with van der Waals surface area (Å²) in [4.78, 5) is 0. The Bertz CT molecular complexity index is 2390. The van der Waals surface area contributed by atoms with Gasteiger partial charge in [0.1, 0.15) is 0 Å². The fourth-order valence-electron chi connectivity index (χ4n) is 8.28. The van der Waals surface area contributed by atoms with Gasteiger partial charge in [0.15, 0.2) is 0 Å². The molecule has 54 heavy (non-hydrogen) atoms. The lowest BCUT2D eigenvalue weighted by atomic mass is 9.36. The van der Waals surface area contributed by atoms with Crippen LogP contribution in [0.2, 0.25) is 0 Å². The van der Waals surface area contributed by atoms with Crippen LogP contribution in [0.15, 0.2) is 212 Å². The molecule has 0 atom stereocenters. The summed E-state index contributed by atoms with van der Waals surface area (Å²) in [5.41, 5.74) is 16.7. The molecule has 0 aliphatic heterocycles. The van der Waals surface area contributed by atoms with E-state index in [0.29, 0.717) is 0 Å². The van der Waals surface area contributed by atoms with Crippen molar-refractivity contribution in [3.63, 3.8) is 0 Å². The first-order valence-electron chi connectivity index (χ1n) is 19.1. The molecule has 0 fully saturated rings. The van der Waals surface area contributed by atoms with Gasteiger partial charge in [-0.2, -0.15) is 0 Å². The molecule has 0 amide bonds. The largest absolute Gasteiger partial charge is 0.241 e. The summed E-state index contributed by atoms with van der Waals surface area (Å²) in [7, 11) is 0. The maximum Gasteiger partial charge on any atom is 0.241 e. The Balaban J connectivity index is 1.06. The van der Waals surface area contributed by atoms with E-state index < -0.39 is 0 Å². The van der Waals surface area contributed by atoms with Crippen LogP contribution in [0, 0.1) is 0 Å². The molecule has 2 heteroatoms. The number of benzene rings is 6. The molecule has 0 heterocycles. The first kappa shape index (κ1) is 34.9. The Morgan fingerprint density at radius 2 is 1.11 bits per heavy atom. The fourth-order valence-corrected chi connectivity index (χ4v) is 8.28. The SMILES string of the molecule is C=C/C(=C\C=C1\C=CC=CC1)B(c1ccccc1)c1ccc(/C=C/c2ccc3c(c2)C(C)(C)c2cc(B(c4ccccc4)c4ccccc4)ccc2-3)cc1. The molecular formula is C52H44B2. The van der Waals surface area contributed by atoms with E-state index in [1.807, 2.05) is 6.08 Å². The lowest BCUT2D eigenvalue weighted by molar-refractivity contribution is 0.660. The zero-order valence-electron chi connectivity index (χ0n) is 31.2. The minimum atomic E-state index is -0.118. The van der Waals surface area contributed by atoms with Gasteiger partial charge >= 0.3 is 0 Å². The molecule has 0 unspecified atom stereocenters. The molecular weight excluding hydrogens is 646 g/mol. The highest BCUT2D eigenvalue weighted by Crippen LogP contribution is 2.48. The van der Waals surface area contributed by atoms with E-state index in [1.165, 1.54) is 71.7 Å². The number of rotatable bonds is 10. The molecule has 2 aliphatic carbocycles. The van der Waals surface area contributed by atoms with Crippen molar-refractivity contribution in [2.24, 2.45) is 0 Å². The minimum absolute atomic E-state index is 0.0958. The van der Waals surface area contributed by atoms with E-state index in [-0.39, 0.29) is 18.8 Å². The van der Waals surface area contributed by atoms with E-state index in [1.54, 1.807) is 0 Å². The van der Waals surface area contributed by atoms with Crippen LogP contribution in [-0.2, 0) is 5.41 Å². The summed E-state index contributed by atoms with van der Waals surface area (Å²) in [6.45, 7) is 9.25. The third kappa shape index (κ3) is 7.13. The smallest absolute Gasteiger partial charge is 0.0996 e. The molecule has 0 saturated carbocycles. The molecule has 0 bridgehead atoms. The van der Waals surface area contributed by atoms with Gasteiger partial charge in [0.05, 0.1) is 0 Å². The number of allylic oxidation sites excluding steroid dienone is 9. The van der Waals surface area contributed by atoms with Crippen LogP contribution in [0.4, 0.5) is 0 Å². The Morgan fingerprint density at radius 3 is 1.72 bits per heavy atom. The van der Waals surface area contributed by atoms with Crippen molar-refractivity contribution in [1.82, 2.24) is 0 Å². The highest BCUT2D eigenvalue weighted by atomic mass is 14.4. The van der Waals surface area contributed by atoms with Gasteiger partial charge in [0.2, 0.25) is 13.4 Å². The Hall–Kier alpha value is -6.11. The van der Waals surface area contributed by atoms with Crippen molar-refractivity contribution in [1.29, 1.82) is 0 Å². The summed E-state index contributed by atoms with van der Waals surface area (Å²) in [5.74, 6) is 0. The van der Waals surface area contributed by atoms with Gasteiger partial charge in [-0.05, 0) is 45.4 Å². The molecule has 0 saturated heterocycles. The third-order valence-electron chi connectivity index (χ3n) is 11.2. The second-order valence-electron chi connectivity index (χ2n) is 14.9. The summed E-state index contributed by atoms with van der Waals surface area (Å²) in [6, 6.07) is 55.7. The topological polar surface area (TPSA) is 0 Å². The van der Waals surface area contributed by atoms with Gasteiger partial charge in [-0.1, -0.05) is 260 Å². The van der Waals surface area contributed by atoms with Gasteiger partial charge in [-0.15, -0.1) is 0 Å². The number of fused-ring (bicyclic) bond motifs is 3. The molecule has 6 aromatic carbocycles. The quantitative estimate of drug-likeness (QED) is 0.0764. The van der Waals surface area contributed by atoms with E-state index in [4.69, 9.17) is 0 Å². The van der Waals surface area contributed by atoms with Crippen LogP contribution in [-0.4, -0.2) is 13.4 Å². The Kier molecular flexibility index (Phi) is 10.0. The molecule has 0 radical (unpaired) electrons. The summed E-state index contributed by atoms with van der Waals surface area (Å²) in [5, 5.41) is 0. The highest BCUT2D eigenvalue weighted by molar-refractivity contribution is 6.95. The first-order chi connectivity index (χ1) is 26.5. The maximum absolute atomic E-state index is 4.22. The third-order valence-corrected chi connectivity index (χ3v) is 11.2. The van der Waals surface area contributed by atoms with Gasteiger partial charge in [-0.3, -0.25) is 0 Å². The monoisotopic (exact) mass is 690 g/mol. The van der Waals surface area contributed by atoms with Gasteiger partial charge in [-0.25, -0.2) is 0 Å². The molecule has 258 valence electrons. The first-order valence-corrected chi connectivity index (χ1v) is 19.1. The summed E-state index contributed by atoms with van der Waals surface area (Å²) < 4.78 is 0. The van der Waals surface area contributed by atoms with Crippen LogP contribution in [0.25, 0.3) is 23.3 Å². The van der Waals surface area contributed by atoms with Crippen molar-refractivity contribution < 1.29 is 0 Å². The zero-order valence-corrected chi connectivity index (χ0v) is 31.2. The summed E-state index contributed by atoms with van der Waals surface area (Å²) in [6.07, 6.45) is 20.5. The normalized spacial score (nSPS) is 14.9. The van der Waals surface area contributed by atoms with Crippen molar-refractivity contribution in [2.45, 2.75) is 25.7 Å². The van der Waals surface area contributed by atoms with Crippen LogP contribution in [0.5, 0.6) is 0 Å². The van der Waals surface area contributed by atoms with E-state index in [2.05, 4.69) is 221 Å². The molecule has 6 aromatic rings. The average Bonchev–Trinajstić information content (AvgIpc) is 3.45. The second-order valence-corrected chi connectivity index (χ2v) is 14.9. The van der Waals surface area contributed by atoms with Crippen LogP contribution in [0.3, 0.4) is 0 Å². The summed E-state index contributed by atoms with van der Waals surface area (Å²) >= 11 is 0. The fraction of sp³-hybridized carbons (Fsp3) is 0.0769. The Morgan fingerprint density at radius 1 is 0.574 bits per heavy atom. The molecule has 8 rings (SSSR count). The lowest BCUT2D eigenvalue weighted by Crippen LogP contribution is -2.52. The minimum Gasteiger partial charge on any atom is -0.0996 e. The molecule has 0 aromatic heterocycles. The van der Waals surface area contributed by atoms with Crippen LogP contribution >= 0.6 is 0 Å². The average molecular weight is 691 g/mol. The maximum atomic E-state index is 4.22. The molecule has 0 nitrogen and oxygen atoms in total. The van der Waals surface area contributed by atoms with Gasteiger partial charge in [0, 0.05) is 5.41 Å². The number of hydrogen-bond acceptors (Lipinski definition) is 0. The standard InChI is InChI=1S/C52H44B2/c1-4-42(31-27-39-17-9-5-10-18-39)53(43-19-11-6-12-20-43)46-32-28-40(29-33-46)25-26-41-30-35-48-49-36-34-47(38-51(49)52(2,3)50(48)37-41)54(44-21-13-7-14-22-44)45-23-15-8-16-24-45/h4-17,19-38H,1,18H2,2-3H3/b26-25+,39-27-,42-31+. The van der Waals surface area contributed by atoms with Crippen molar-refractivity contribution in [3.05, 3.63) is 234 Å². The lowest BCUT2D eigenvalue weighted by Gasteiger charge is -2.24. The van der Waals surface area contributed by atoms with Gasteiger partial charge < -0.3 is 0 Å². The van der Waals surface area contributed by atoms with E-state index >= 15 is 0 Å². The van der Waals surface area contributed by atoms with Crippen LogP contribution < -0.4 is 27.3 Å². The van der Waals surface area contributed by atoms with E-state index in [0.717, 1.165) is 6.42 Å². The molecule has 2 aliphatic rings. The van der Waals surface area contributed by atoms with E-state index in [9.17, 15) is 0 Å². The Labute approximate surface area is 322 Å². The van der Waals surface area contributed by atoms with Gasteiger partial charge in [0.25, 0.3) is 0 Å². The zero-order chi connectivity index (χ0) is 36.9. The number of hydrogen-bond donors (Lipinski definition) is 0. The highest BCUT2D eigenvalue weighted by Gasteiger charge is 2.36. The van der Waals surface area contributed by atoms with Crippen molar-refractivity contribution in [2.75, 3.05) is 0 Å².